The first-order chi connectivity index (χ1) is 11.6. The maximum absolute atomic E-state index is 12.8. The fourth-order valence-corrected chi connectivity index (χ4v) is 3.53. The first kappa shape index (κ1) is 16.9. The molecule has 1 amide bonds. The number of para-hydroxylation sites is 1. The highest BCUT2D eigenvalue weighted by molar-refractivity contribution is 7.07. The van der Waals surface area contributed by atoms with Gasteiger partial charge in [-0.2, -0.15) is 0 Å². The first-order valence-corrected chi connectivity index (χ1v) is 9.15. The molecule has 0 saturated carbocycles. The van der Waals surface area contributed by atoms with Gasteiger partial charge >= 0.3 is 0 Å². The molecule has 6 heteroatoms. The van der Waals surface area contributed by atoms with E-state index in [-0.39, 0.29) is 17.9 Å². The molecule has 1 fully saturated rings. The maximum atomic E-state index is 12.8. The number of benzene rings is 1. The number of carbonyl (C=O) groups excluding carboxylic acids is 1. The predicted molar refractivity (Wildman–Crippen MR) is 93.2 cm³/mol. The lowest BCUT2D eigenvalue weighted by molar-refractivity contribution is 0.0518. The molecule has 0 aliphatic carbocycles. The number of likely N-dealkylation sites (tertiary alicyclic amines) is 1. The van der Waals surface area contributed by atoms with Gasteiger partial charge in [0.05, 0.1) is 22.9 Å². The van der Waals surface area contributed by atoms with E-state index in [0.717, 1.165) is 18.5 Å². The van der Waals surface area contributed by atoms with Crippen LogP contribution in [0.3, 0.4) is 0 Å². The monoisotopic (exact) mass is 346 g/mol. The average molecular weight is 346 g/mol. The topological polar surface area (TPSA) is 62.7 Å². The zero-order valence-electron chi connectivity index (χ0n) is 13.7. The van der Waals surface area contributed by atoms with Crippen LogP contribution in [0, 0.1) is 5.92 Å². The minimum atomic E-state index is -0.309. The molecule has 24 heavy (non-hydrogen) atoms. The Balaban J connectivity index is 1.66. The van der Waals surface area contributed by atoms with Crippen molar-refractivity contribution in [1.29, 1.82) is 0 Å². The smallest absolute Gasteiger partial charge is 0.257 e. The van der Waals surface area contributed by atoms with Gasteiger partial charge in [0.25, 0.3) is 5.91 Å². The van der Waals surface area contributed by atoms with Crippen molar-refractivity contribution in [3.05, 3.63) is 46.4 Å². The number of nitrogens with zero attached hydrogens (tertiary/aromatic N) is 2. The lowest BCUT2D eigenvalue weighted by Crippen LogP contribution is -2.40. The van der Waals surface area contributed by atoms with Crippen LogP contribution in [0.5, 0.6) is 5.75 Å². The van der Waals surface area contributed by atoms with E-state index in [9.17, 15) is 9.90 Å². The predicted octanol–water partition coefficient (Wildman–Crippen LogP) is 2.96. The maximum Gasteiger partial charge on any atom is 0.257 e. The van der Waals surface area contributed by atoms with Crippen LogP contribution in [0.1, 0.15) is 35.8 Å². The Hall–Kier alpha value is -1.92. The number of aromatic nitrogens is 1. The second-order valence-corrected chi connectivity index (χ2v) is 6.85. The molecule has 2 aromatic rings. The highest BCUT2D eigenvalue weighted by Crippen LogP contribution is 2.25. The molecule has 1 aliphatic heterocycles. The van der Waals surface area contributed by atoms with Crippen LogP contribution >= 0.6 is 11.3 Å². The number of hydrogen-bond acceptors (Lipinski definition) is 5. The van der Waals surface area contributed by atoms with Gasteiger partial charge in [-0.15, -0.1) is 11.3 Å². The molecule has 1 saturated heterocycles. The number of piperidine rings is 1. The van der Waals surface area contributed by atoms with Gasteiger partial charge in [0.2, 0.25) is 0 Å². The zero-order chi connectivity index (χ0) is 16.9. The minimum Gasteiger partial charge on any atom is -0.486 e. The van der Waals surface area contributed by atoms with E-state index in [4.69, 9.17) is 4.74 Å². The van der Waals surface area contributed by atoms with E-state index in [0.29, 0.717) is 31.0 Å². The van der Waals surface area contributed by atoms with Gasteiger partial charge in [-0.1, -0.05) is 12.1 Å². The van der Waals surface area contributed by atoms with Crippen molar-refractivity contribution in [1.82, 2.24) is 9.88 Å². The number of hydrogen-bond donors (Lipinski definition) is 1. The van der Waals surface area contributed by atoms with E-state index in [1.165, 1.54) is 11.3 Å². The summed E-state index contributed by atoms with van der Waals surface area (Å²) in [5.41, 5.74) is 3.21. The van der Waals surface area contributed by atoms with E-state index >= 15 is 0 Å². The first-order valence-electron chi connectivity index (χ1n) is 8.21. The number of amides is 1. The summed E-state index contributed by atoms with van der Waals surface area (Å²) in [7, 11) is 0. The molecule has 1 aromatic heterocycles. The second-order valence-electron chi connectivity index (χ2n) is 6.13. The number of ether oxygens (including phenoxy) is 1. The van der Waals surface area contributed by atoms with Crippen LogP contribution < -0.4 is 4.74 Å². The van der Waals surface area contributed by atoms with Crippen LogP contribution in [-0.2, 0) is 6.61 Å². The van der Waals surface area contributed by atoms with Crippen molar-refractivity contribution >= 4 is 17.2 Å². The van der Waals surface area contributed by atoms with Gasteiger partial charge < -0.3 is 14.7 Å². The second kappa shape index (κ2) is 7.77. The Bertz CT molecular complexity index is 665. The van der Waals surface area contributed by atoms with Crippen LogP contribution in [0.15, 0.2) is 35.2 Å². The Morgan fingerprint density at radius 1 is 1.42 bits per heavy atom. The summed E-state index contributed by atoms with van der Waals surface area (Å²) in [6, 6.07) is 7.35. The van der Waals surface area contributed by atoms with E-state index in [1.54, 1.807) is 11.6 Å². The van der Waals surface area contributed by atoms with Crippen molar-refractivity contribution in [2.75, 3.05) is 13.1 Å². The molecule has 1 atom stereocenters. The molecule has 1 aliphatic rings. The van der Waals surface area contributed by atoms with Gasteiger partial charge in [0, 0.05) is 18.5 Å². The van der Waals surface area contributed by atoms with Gasteiger partial charge in [-0.05, 0) is 37.8 Å². The number of thiazole rings is 1. The summed E-state index contributed by atoms with van der Waals surface area (Å²) in [6.07, 6.45) is 1.37. The van der Waals surface area contributed by atoms with Crippen LogP contribution in [-0.4, -0.2) is 40.1 Å². The number of aliphatic hydroxyl groups excluding tert-OH is 1. The molecular weight excluding hydrogens is 324 g/mol. The Morgan fingerprint density at radius 3 is 2.83 bits per heavy atom. The van der Waals surface area contributed by atoms with Gasteiger partial charge in [0.15, 0.2) is 0 Å². The third-order valence-corrected chi connectivity index (χ3v) is 5.12. The number of rotatable bonds is 5. The van der Waals surface area contributed by atoms with E-state index in [2.05, 4.69) is 4.98 Å². The van der Waals surface area contributed by atoms with E-state index in [1.807, 2.05) is 35.4 Å². The Kier molecular flexibility index (Phi) is 5.48. The van der Waals surface area contributed by atoms with Crippen molar-refractivity contribution in [2.45, 2.75) is 32.5 Å². The number of carbonyl (C=O) groups is 1. The molecule has 1 aromatic carbocycles. The standard InChI is InChI=1S/C18H22N2O3S/c1-13(21)14-6-8-20(9-7-14)18(22)16-4-2-3-5-17(16)23-10-15-11-24-12-19-15/h2-5,11-14,21H,6-10H2,1H3. The third kappa shape index (κ3) is 3.94. The van der Waals surface area contributed by atoms with Crippen molar-refractivity contribution < 1.29 is 14.6 Å². The SMILES string of the molecule is CC(O)C1CCN(C(=O)c2ccccc2OCc2cscn2)CC1. The van der Waals surface area contributed by atoms with Crippen molar-refractivity contribution in [3.63, 3.8) is 0 Å². The molecule has 128 valence electrons. The molecular formula is C18H22N2O3S. The lowest BCUT2D eigenvalue weighted by atomic mass is 9.92. The third-order valence-electron chi connectivity index (χ3n) is 4.49. The molecule has 0 spiro atoms. The van der Waals surface area contributed by atoms with Gasteiger partial charge in [0.1, 0.15) is 12.4 Å². The van der Waals surface area contributed by atoms with Crippen LogP contribution in [0.4, 0.5) is 0 Å². The van der Waals surface area contributed by atoms with Gasteiger partial charge in [-0.3, -0.25) is 4.79 Å². The molecule has 0 bridgehead atoms. The highest BCUT2D eigenvalue weighted by atomic mass is 32.1. The Labute approximate surface area is 145 Å². The molecule has 1 N–H and O–H groups in total. The van der Waals surface area contributed by atoms with Crippen molar-refractivity contribution in [3.8, 4) is 5.75 Å². The van der Waals surface area contributed by atoms with Crippen molar-refractivity contribution in [2.24, 2.45) is 5.92 Å². The lowest BCUT2D eigenvalue weighted by Gasteiger charge is -2.33. The Morgan fingerprint density at radius 2 is 2.17 bits per heavy atom. The summed E-state index contributed by atoms with van der Waals surface area (Å²) in [5, 5.41) is 11.6. The highest BCUT2D eigenvalue weighted by Gasteiger charge is 2.27. The van der Waals surface area contributed by atoms with Crippen LogP contribution in [0.25, 0.3) is 0 Å². The molecule has 5 nitrogen and oxygen atoms in total. The minimum absolute atomic E-state index is 0.00655. The molecule has 2 heterocycles. The normalized spacial score (nSPS) is 16.8. The molecule has 1 unspecified atom stereocenters. The number of aliphatic hydroxyl groups is 1. The molecule has 3 rings (SSSR count). The molecule has 0 radical (unpaired) electrons. The summed E-state index contributed by atoms with van der Waals surface area (Å²) < 4.78 is 5.81. The largest absolute Gasteiger partial charge is 0.486 e. The fraction of sp³-hybridized carbons (Fsp3) is 0.444. The quantitative estimate of drug-likeness (QED) is 0.904. The summed E-state index contributed by atoms with van der Waals surface area (Å²) in [5.74, 6) is 0.867. The summed E-state index contributed by atoms with van der Waals surface area (Å²) in [6.45, 7) is 3.53. The summed E-state index contributed by atoms with van der Waals surface area (Å²) >= 11 is 1.52. The zero-order valence-corrected chi connectivity index (χ0v) is 14.5. The fourth-order valence-electron chi connectivity index (χ4n) is 2.98. The average Bonchev–Trinajstić information content (AvgIpc) is 3.13. The van der Waals surface area contributed by atoms with Gasteiger partial charge in [-0.25, -0.2) is 4.98 Å². The van der Waals surface area contributed by atoms with Crippen LogP contribution in [0.2, 0.25) is 0 Å². The summed E-state index contributed by atoms with van der Waals surface area (Å²) in [4.78, 5) is 18.9. The van der Waals surface area contributed by atoms with E-state index < -0.39 is 0 Å².